The Morgan fingerprint density at radius 1 is 1.06 bits per heavy atom. The van der Waals surface area contributed by atoms with Crippen molar-refractivity contribution in [2.24, 2.45) is 5.41 Å². The van der Waals surface area contributed by atoms with Crippen molar-refractivity contribution in [1.82, 2.24) is 25.1 Å². The van der Waals surface area contributed by atoms with Crippen LogP contribution in [0.25, 0.3) is 11.0 Å². The van der Waals surface area contributed by atoms with Crippen molar-refractivity contribution in [1.29, 1.82) is 0 Å². The van der Waals surface area contributed by atoms with E-state index in [9.17, 15) is 24.7 Å². The molecule has 0 aliphatic carbocycles. The average Bonchev–Trinajstić information content (AvgIpc) is 3.62. The normalized spacial score (nSPS) is 18.3. The summed E-state index contributed by atoms with van der Waals surface area (Å²) < 4.78 is 45.3. The molecular formula is C31H52ClN6O13P. The number of amides is 1. The van der Waals surface area contributed by atoms with Crippen LogP contribution in [0.1, 0.15) is 39.8 Å². The first-order valence-corrected chi connectivity index (χ1v) is 18.9. The zero-order chi connectivity index (χ0) is 38.4. The number of aromatic nitrogens is 4. The molecule has 3 atom stereocenters. The minimum absolute atomic E-state index is 0.0626. The second kappa shape index (κ2) is 20.9. The number of hydrogen-bond donors (Lipinski definition) is 7. The molecule has 0 bridgehead atoms. The zero-order valence-corrected chi connectivity index (χ0v) is 31.4. The van der Waals surface area contributed by atoms with E-state index in [4.69, 9.17) is 49.8 Å². The number of ether oxygens (including phenoxy) is 6. The van der Waals surface area contributed by atoms with Gasteiger partial charge in [-0.2, -0.15) is 15.1 Å². The first kappa shape index (κ1) is 44.0. The molecule has 0 saturated carbocycles. The van der Waals surface area contributed by atoms with Crippen molar-refractivity contribution in [2.75, 3.05) is 90.6 Å². The molecule has 0 radical (unpaired) electrons. The molecule has 1 aliphatic heterocycles. The summed E-state index contributed by atoms with van der Waals surface area (Å²) in [6, 6.07) is 0. The predicted molar refractivity (Wildman–Crippen MR) is 188 cm³/mol. The maximum absolute atomic E-state index is 12.4. The van der Waals surface area contributed by atoms with Gasteiger partial charge in [-0.05, 0) is 23.9 Å². The Balaban J connectivity index is 1.37. The molecule has 2 aromatic heterocycles. The smallest absolute Gasteiger partial charge is 0.331 e. The number of anilines is 1. The van der Waals surface area contributed by atoms with Gasteiger partial charge in [0.25, 0.3) is 0 Å². The second-order valence-corrected chi connectivity index (χ2v) is 15.3. The van der Waals surface area contributed by atoms with E-state index in [2.05, 4.69) is 32.3 Å². The van der Waals surface area contributed by atoms with Crippen LogP contribution in [-0.4, -0.2) is 154 Å². The van der Waals surface area contributed by atoms with Gasteiger partial charge in [-0.1, -0.05) is 26.0 Å². The van der Waals surface area contributed by atoms with Crippen molar-refractivity contribution in [2.45, 2.75) is 57.8 Å². The molecule has 1 fully saturated rings. The van der Waals surface area contributed by atoms with Crippen molar-refractivity contribution in [3.8, 4) is 0 Å². The fraction of sp³-hybridized carbons (Fsp3) is 0.742. The minimum atomic E-state index is -4.71. The highest BCUT2D eigenvalue weighted by molar-refractivity contribution is 7.51. The fourth-order valence-electron chi connectivity index (χ4n) is 4.86. The lowest BCUT2D eigenvalue weighted by molar-refractivity contribution is -0.191. The van der Waals surface area contributed by atoms with Gasteiger partial charge in [0.05, 0.1) is 77.1 Å². The third-order valence-corrected chi connectivity index (χ3v) is 8.50. The molecule has 21 heteroatoms. The molecule has 0 aromatic carbocycles. The summed E-state index contributed by atoms with van der Waals surface area (Å²) in [5.41, 5.74) is 0.893. The van der Waals surface area contributed by atoms with E-state index in [0.29, 0.717) is 76.2 Å². The minimum Gasteiger partial charge on any atom is -0.390 e. The summed E-state index contributed by atoms with van der Waals surface area (Å²) >= 11 is 6.25. The lowest BCUT2D eigenvalue weighted by Gasteiger charge is -2.26. The molecule has 2 aromatic rings. The van der Waals surface area contributed by atoms with E-state index >= 15 is 0 Å². The number of aliphatic hydroxyl groups is 3. The van der Waals surface area contributed by atoms with Crippen LogP contribution in [0.4, 0.5) is 5.82 Å². The molecule has 52 heavy (non-hydrogen) atoms. The number of nitrogens with one attached hydrogen (secondary N) is 2. The molecule has 0 spiro atoms. The SMILES string of the molecule is C=C(C)COCCOCCOCCOCCC(=O)NCC(C)(C)CNc1nc(Cl)nc2c1cnn2[C@H]1C[C@H](O)[C@@H](COCC(O)(O)CP(=O)(O)O)O1. The molecule has 3 heterocycles. The lowest BCUT2D eigenvalue weighted by atomic mass is 9.93. The summed E-state index contributed by atoms with van der Waals surface area (Å²) in [4.78, 5) is 39.0. The maximum Gasteiger partial charge on any atom is 0.331 e. The predicted octanol–water partition coefficient (Wildman–Crippen LogP) is 0.590. The number of halogens is 1. The van der Waals surface area contributed by atoms with Gasteiger partial charge in [0.2, 0.25) is 11.2 Å². The Labute approximate surface area is 307 Å². The topological polar surface area (TPSA) is 258 Å². The highest BCUT2D eigenvalue weighted by Gasteiger charge is 2.38. The number of carbonyl (C=O) groups excluding carboxylic acids is 1. The zero-order valence-electron chi connectivity index (χ0n) is 29.7. The molecule has 1 saturated heterocycles. The first-order valence-electron chi connectivity index (χ1n) is 16.7. The van der Waals surface area contributed by atoms with Crippen LogP contribution in [0.15, 0.2) is 18.3 Å². The Hall–Kier alpha value is -2.36. The quantitative estimate of drug-likeness (QED) is 0.0227. The van der Waals surface area contributed by atoms with Crippen molar-refractivity contribution in [3.63, 3.8) is 0 Å². The van der Waals surface area contributed by atoms with Gasteiger partial charge in [0, 0.05) is 25.9 Å². The summed E-state index contributed by atoms with van der Waals surface area (Å²) in [6.07, 6.45) is -2.10. The first-order chi connectivity index (χ1) is 24.4. The monoisotopic (exact) mass is 782 g/mol. The highest BCUT2D eigenvalue weighted by atomic mass is 35.5. The molecular weight excluding hydrogens is 731 g/mol. The Morgan fingerprint density at radius 3 is 2.33 bits per heavy atom. The van der Waals surface area contributed by atoms with Crippen LogP contribution < -0.4 is 10.6 Å². The summed E-state index contributed by atoms with van der Waals surface area (Å²) in [5.74, 6) is -2.51. The van der Waals surface area contributed by atoms with E-state index in [0.717, 1.165) is 5.57 Å². The number of fused-ring (bicyclic) bond motifs is 1. The maximum atomic E-state index is 12.4. The van der Waals surface area contributed by atoms with Crippen LogP contribution in [0.3, 0.4) is 0 Å². The summed E-state index contributed by atoms with van der Waals surface area (Å²) in [6.45, 7) is 12.7. The van der Waals surface area contributed by atoms with E-state index in [1.807, 2.05) is 20.8 Å². The molecule has 0 unspecified atom stereocenters. The number of rotatable bonds is 26. The van der Waals surface area contributed by atoms with Crippen LogP contribution in [0.2, 0.25) is 5.28 Å². The average molecular weight is 783 g/mol. The fourth-order valence-corrected chi connectivity index (χ4v) is 5.77. The van der Waals surface area contributed by atoms with Gasteiger partial charge in [-0.3, -0.25) is 9.36 Å². The van der Waals surface area contributed by atoms with Gasteiger partial charge in [0.15, 0.2) is 17.7 Å². The van der Waals surface area contributed by atoms with Gasteiger partial charge >= 0.3 is 7.60 Å². The van der Waals surface area contributed by atoms with Gasteiger partial charge in [-0.25, -0.2) is 4.68 Å². The summed E-state index contributed by atoms with van der Waals surface area (Å²) in [7, 11) is -4.71. The van der Waals surface area contributed by atoms with Crippen LogP contribution >= 0.6 is 19.2 Å². The van der Waals surface area contributed by atoms with Crippen molar-refractivity contribution >= 4 is 42.0 Å². The van der Waals surface area contributed by atoms with E-state index in [1.165, 1.54) is 10.9 Å². The number of hydrogen-bond acceptors (Lipinski definition) is 15. The third kappa shape index (κ3) is 16.3. The van der Waals surface area contributed by atoms with Gasteiger partial charge < -0.3 is 64.2 Å². The van der Waals surface area contributed by atoms with E-state index in [-0.39, 0.29) is 37.2 Å². The van der Waals surface area contributed by atoms with Gasteiger partial charge in [0.1, 0.15) is 24.7 Å². The third-order valence-electron chi connectivity index (χ3n) is 7.41. The molecule has 3 rings (SSSR count). The molecule has 1 aliphatic rings. The Morgan fingerprint density at radius 2 is 1.69 bits per heavy atom. The second-order valence-electron chi connectivity index (χ2n) is 13.3. The number of aliphatic hydroxyl groups excluding tert-OH is 1. The van der Waals surface area contributed by atoms with Crippen LogP contribution in [0, 0.1) is 5.41 Å². The molecule has 296 valence electrons. The lowest BCUT2D eigenvalue weighted by Crippen LogP contribution is -2.39. The van der Waals surface area contributed by atoms with E-state index < -0.39 is 50.0 Å². The van der Waals surface area contributed by atoms with Crippen molar-refractivity contribution < 1.29 is 62.9 Å². The van der Waals surface area contributed by atoms with Gasteiger partial charge in [-0.15, -0.1) is 0 Å². The standard InChI is InChI=1S/C31H52ClN6O13P/c1-21(2)15-49-12-11-48-10-9-47-8-7-46-6-5-25(40)33-17-30(3,4)18-34-27-22-14-35-38(28(22)37-29(32)36-27)26-13-23(39)24(51-26)16-50-19-31(41,42)20-52(43,44)45/h14,23-24,26,39,41-42H,1,5-13,15-20H2,2-4H3,(H,33,40)(H,34,36,37)(H2,43,44,45)/t23-,24+,26+/m0/s1. The summed E-state index contributed by atoms with van der Waals surface area (Å²) in [5, 5.41) is 41.1. The molecule has 19 nitrogen and oxygen atoms in total. The molecule has 7 N–H and O–H groups in total. The highest BCUT2D eigenvalue weighted by Crippen LogP contribution is 2.38. The Bertz CT molecular complexity index is 1480. The Kier molecular flexibility index (Phi) is 17.7. The number of nitrogens with zero attached hydrogens (tertiary/aromatic N) is 4. The van der Waals surface area contributed by atoms with E-state index in [1.54, 1.807) is 0 Å². The van der Waals surface area contributed by atoms with Crippen LogP contribution in [0.5, 0.6) is 0 Å². The van der Waals surface area contributed by atoms with Crippen molar-refractivity contribution in [3.05, 3.63) is 23.6 Å². The largest absolute Gasteiger partial charge is 0.390 e. The number of carbonyl (C=O) groups is 1. The van der Waals surface area contributed by atoms with Crippen LogP contribution in [-0.2, 0) is 37.8 Å². The molecule has 1 amide bonds.